The molecule has 0 aliphatic rings. The second-order valence-electron chi connectivity index (χ2n) is 3.82. The van der Waals surface area contributed by atoms with E-state index in [0.29, 0.717) is 26.2 Å². The number of ether oxygens (including phenoxy) is 1. The minimum Gasteiger partial charge on any atom is -0.395 e. The van der Waals surface area contributed by atoms with Crippen molar-refractivity contribution in [1.82, 2.24) is 10.2 Å². The van der Waals surface area contributed by atoms with Gasteiger partial charge < -0.3 is 15.2 Å². The normalized spacial score (nSPS) is 12.5. The van der Waals surface area contributed by atoms with E-state index in [2.05, 4.69) is 11.9 Å². The first-order valence-electron chi connectivity index (χ1n) is 5.89. The number of carbonyl (C=O) groups excluding carboxylic acids is 1. The predicted octanol–water partition coefficient (Wildman–Crippen LogP) is 0.00790. The van der Waals surface area contributed by atoms with Crippen LogP contribution in [0.25, 0.3) is 0 Å². The van der Waals surface area contributed by atoms with Crippen molar-refractivity contribution < 1.29 is 14.6 Å². The lowest BCUT2D eigenvalue weighted by Crippen LogP contribution is -2.46. The zero-order chi connectivity index (χ0) is 13.1. The molecule has 0 fully saturated rings. The first-order chi connectivity index (χ1) is 8.17. The Labute approximate surface area is 103 Å². The average Bonchev–Trinajstić information content (AvgIpc) is 2.33. The summed E-state index contributed by atoms with van der Waals surface area (Å²) in [6, 6.07) is -0.261. The van der Waals surface area contributed by atoms with Crippen molar-refractivity contribution in [2.45, 2.75) is 19.4 Å². The number of aliphatic hydroxyl groups is 1. The maximum absolute atomic E-state index is 11.8. The van der Waals surface area contributed by atoms with E-state index in [1.165, 1.54) is 0 Å². The van der Waals surface area contributed by atoms with Gasteiger partial charge >= 0.3 is 0 Å². The number of hydrogen-bond donors (Lipinski definition) is 2. The van der Waals surface area contributed by atoms with Gasteiger partial charge in [0.05, 0.1) is 12.6 Å². The summed E-state index contributed by atoms with van der Waals surface area (Å²) in [6.45, 7) is 7.81. The van der Waals surface area contributed by atoms with Gasteiger partial charge in [0.15, 0.2) is 0 Å². The van der Waals surface area contributed by atoms with Crippen molar-refractivity contribution >= 4 is 5.91 Å². The molecule has 1 unspecified atom stereocenters. The fourth-order valence-electron chi connectivity index (χ4n) is 1.48. The van der Waals surface area contributed by atoms with E-state index in [4.69, 9.17) is 9.84 Å². The first-order valence-corrected chi connectivity index (χ1v) is 5.89. The number of nitrogens with zero attached hydrogens (tertiary/aromatic N) is 1. The van der Waals surface area contributed by atoms with Gasteiger partial charge in [0, 0.05) is 33.4 Å². The second kappa shape index (κ2) is 10.3. The number of aliphatic hydroxyl groups excluding tert-OH is 1. The Balaban J connectivity index is 4.01. The van der Waals surface area contributed by atoms with Crippen LogP contribution in [0.5, 0.6) is 0 Å². The number of nitrogens with one attached hydrogen (secondary N) is 1. The third kappa shape index (κ3) is 7.10. The van der Waals surface area contributed by atoms with Crippen molar-refractivity contribution in [2.75, 3.05) is 40.0 Å². The molecule has 1 atom stereocenters. The molecule has 0 aliphatic carbocycles. The van der Waals surface area contributed by atoms with Gasteiger partial charge in [-0.15, -0.1) is 6.58 Å². The van der Waals surface area contributed by atoms with Crippen molar-refractivity contribution in [3.8, 4) is 0 Å². The molecule has 0 aromatic heterocycles. The molecule has 17 heavy (non-hydrogen) atoms. The monoisotopic (exact) mass is 244 g/mol. The van der Waals surface area contributed by atoms with E-state index in [9.17, 15) is 4.79 Å². The largest absolute Gasteiger partial charge is 0.395 e. The molecule has 5 heteroatoms. The summed E-state index contributed by atoms with van der Waals surface area (Å²) in [5.41, 5.74) is 0. The molecule has 0 heterocycles. The van der Waals surface area contributed by atoms with E-state index in [1.807, 2.05) is 11.8 Å². The van der Waals surface area contributed by atoms with E-state index in [-0.39, 0.29) is 18.6 Å². The van der Waals surface area contributed by atoms with Gasteiger partial charge in [-0.3, -0.25) is 9.69 Å². The van der Waals surface area contributed by atoms with Gasteiger partial charge in [-0.05, 0) is 13.3 Å². The lowest BCUT2D eigenvalue weighted by molar-refractivity contribution is -0.125. The quantitative estimate of drug-likeness (QED) is 0.420. The number of methoxy groups -OCH3 is 1. The van der Waals surface area contributed by atoms with Crippen LogP contribution in [0.2, 0.25) is 0 Å². The molecule has 0 aliphatic heterocycles. The van der Waals surface area contributed by atoms with Crippen molar-refractivity contribution in [3.63, 3.8) is 0 Å². The fraction of sp³-hybridized carbons (Fsp3) is 0.750. The highest BCUT2D eigenvalue weighted by atomic mass is 16.5. The highest BCUT2D eigenvalue weighted by Crippen LogP contribution is 1.99. The van der Waals surface area contributed by atoms with Crippen LogP contribution < -0.4 is 5.32 Å². The second-order valence-corrected chi connectivity index (χ2v) is 3.82. The number of hydrogen-bond acceptors (Lipinski definition) is 4. The SMILES string of the molecule is C=CCN(CCO)C(C)C(=O)NCCCOC. The molecule has 0 spiro atoms. The molecule has 0 bridgehead atoms. The minimum atomic E-state index is -0.261. The Hall–Kier alpha value is -0.910. The fourth-order valence-corrected chi connectivity index (χ4v) is 1.48. The van der Waals surface area contributed by atoms with Crippen molar-refractivity contribution in [1.29, 1.82) is 0 Å². The molecular weight excluding hydrogens is 220 g/mol. The third-order valence-corrected chi connectivity index (χ3v) is 2.50. The summed E-state index contributed by atoms with van der Waals surface area (Å²) < 4.78 is 4.90. The van der Waals surface area contributed by atoms with E-state index in [0.717, 1.165) is 6.42 Å². The molecule has 2 N–H and O–H groups in total. The zero-order valence-corrected chi connectivity index (χ0v) is 10.8. The van der Waals surface area contributed by atoms with Crippen LogP contribution in [0.3, 0.4) is 0 Å². The summed E-state index contributed by atoms with van der Waals surface area (Å²) in [5.74, 6) is -0.0311. The Kier molecular flexibility index (Phi) is 9.71. The molecule has 0 aromatic rings. The lowest BCUT2D eigenvalue weighted by atomic mass is 10.2. The first kappa shape index (κ1) is 16.1. The maximum Gasteiger partial charge on any atom is 0.237 e. The molecule has 100 valence electrons. The number of rotatable bonds is 10. The molecular formula is C12H24N2O3. The molecule has 0 radical (unpaired) electrons. The van der Waals surface area contributed by atoms with Crippen LogP contribution >= 0.6 is 0 Å². The topological polar surface area (TPSA) is 61.8 Å². The lowest BCUT2D eigenvalue weighted by Gasteiger charge is -2.26. The zero-order valence-electron chi connectivity index (χ0n) is 10.8. The summed E-state index contributed by atoms with van der Waals surface area (Å²) in [7, 11) is 1.64. The van der Waals surface area contributed by atoms with Gasteiger partial charge in [0.2, 0.25) is 5.91 Å². The van der Waals surface area contributed by atoms with Crippen LogP contribution in [0.1, 0.15) is 13.3 Å². The molecule has 0 saturated heterocycles. The van der Waals surface area contributed by atoms with E-state index in [1.54, 1.807) is 13.2 Å². The molecule has 0 saturated carbocycles. The molecule has 1 amide bonds. The number of amides is 1. The van der Waals surface area contributed by atoms with Crippen LogP contribution in [-0.2, 0) is 9.53 Å². The van der Waals surface area contributed by atoms with Gasteiger partial charge in [-0.2, -0.15) is 0 Å². The average molecular weight is 244 g/mol. The van der Waals surface area contributed by atoms with Crippen molar-refractivity contribution in [3.05, 3.63) is 12.7 Å². The van der Waals surface area contributed by atoms with Gasteiger partial charge in [-0.25, -0.2) is 0 Å². The summed E-state index contributed by atoms with van der Waals surface area (Å²) >= 11 is 0. The molecule has 0 aromatic carbocycles. The minimum absolute atomic E-state index is 0.0311. The highest BCUT2D eigenvalue weighted by Gasteiger charge is 2.19. The van der Waals surface area contributed by atoms with Gasteiger partial charge in [0.25, 0.3) is 0 Å². The summed E-state index contributed by atoms with van der Waals surface area (Å²) in [6.07, 6.45) is 2.53. The standard InChI is InChI=1S/C12H24N2O3/c1-4-7-14(8-9-15)11(2)12(16)13-6-5-10-17-3/h4,11,15H,1,5-10H2,2-3H3,(H,13,16). The number of carbonyl (C=O) groups is 1. The van der Waals surface area contributed by atoms with Crippen LogP contribution in [0.15, 0.2) is 12.7 Å². The van der Waals surface area contributed by atoms with Crippen LogP contribution in [-0.4, -0.2) is 61.9 Å². The highest BCUT2D eigenvalue weighted by molar-refractivity contribution is 5.81. The third-order valence-electron chi connectivity index (χ3n) is 2.50. The smallest absolute Gasteiger partial charge is 0.237 e. The Morgan fingerprint density at radius 3 is 2.88 bits per heavy atom. The van der Waals surface area contributed by atoms with Crippen LogP contribution in [0.4, 0.5) is 0 Å². The summed E-state index contributed by atoms with van der Waals surface area (Å²) in [5, 5.41) is 11.8. The van der Waals surface area contributed by atoms with E-state index < -0.39 is 0 Å². The Morgan fingerprint density at radius 1 is 1.65 bits per heavy atom. The predicted molar refractivity (Wildman–Crippen MR) is 67.8 cm³/mol. The van der Waals surface area contributed by atoms with Gasteiger partial charge in [-0.1, -0.05) is 6.08 Å². The maximum atomic E-state index is 11.8. The van der Waals surface area contributed by atoms with Gasteiger partial charge in [0.1, 0.15) is 0 Å². The Bertz CT molecular complexity index is 222. The van der Waals surface area contributed by atoms with Crippen LogP contribution in [0, 0.1) is 0 Å². The summed E-state index contributed by atoms with van der Waals surface area (Å²) in [4.78, 5) is 13.7. The van der Waals surface area contributed by atoms with E-state index >= 15 is 0 Å². The molecule has 0 rings (SSSR count). The Morgan fingerprint density at radius 2 is 2.35 bits per heavy atom. The molecule has 5 nitrogen and oxygen atoms in total. The van der Waals surface area contributed by atoms with Crippen molar-refractivity contribution in [2.24, 2.45) is 0 Å².